The van der Waals surface area contributed by atoms with Crippen LogP contribution in [0.15, 0.2) is 27.8 Å². The Morgan fingerprint density at radius 3 is 2.85 bits per heavy atom. The van der Waals surface area contributed by atoms with Crippen LogP contribution in [0.3, 0.4) is 0 Å². The minimum atomic E-state index is -0.124. The molecule has 2 rings (SSSR count). The van der Waals surface area contributed by atoms with Gasteiger partial charge in [-0.25, -0.2) is 0 Å². The Morgan fingerprint density at radius 1 is 1.37 bits per heavy atom. The van der Waals surface area contributed by atoms with Crippen molar-refractivity contribution in [2.75, 3.05) is 46.4 Å². The van der Waals surface area contributed by atoms with Gasteiger partial charge in [0.15, 0.2) is 5.96 Å². The summed E-state index contributed by atoms with van der Waals surface area (Å²) in [5.41, 5.74) is 0. The van der Waals surface area contributed by atoms with Crippen molar-refractivity contribution in [3.05, 3.63) is 24.2 Å². The molecule has 9 heteroatoms. The summed E-state index contributed by atoms with van der Waals surface area (Å²) in [6.45, 7) is 9.36. The molecule has 0 aromatic carbocycles. The molecule has 1 aliphatic rings. The zero-order valence-electron chi connectivity index (χ0n) is 16.4. The number of hydrogen-bond donors (Lipinski definition) is 3. The molecule has 1 aromatic rings. The Hall–Kier alpha value is -1.33. The second-order valence-corrected chi connectivity index (χ2v) is 6.81. The van der Waals surface area contributed by atoms with Crippen molar-refractivity contribution >= 4 is 35.8 Å². The highest BCUT2D eigenvalue weighted by Crippen LogP contribution is 2.07. The highest BCUT2D eigenvalue weighted by atomic mass is 127. The molecule has 154 valence electrons. The molecule has 0 bridgehead atoms. The number of rotatable bonds is 8. The molecule has 1 aliphatic heterocycles. The first-order chi connectivity index (χ1) is 12.6. The summed E-state index contributed by atoms with van der Waals surface area (Å²) < 4.78 is 11.0. The first-order valence-corrected chi connectivity index (χ1v) is 9.14. The highest BCUT2D eigenvalue weighted by molar-refractivity contribution is 14.0. The van der Waals surface area contributed by atoms with E-state index in [1.54, 1.807) is 19.4 Å². The minimum absolute atomic E-state index is 0. The summed E-state index contributed by atoms with van der Waals surface area (Å²) >= 11 is 0. The largest absolute Gasteiger partial charge is 0.467 e. The maximum absolute atomic E-state index is 11.9. The molecule has 1 unspecified atom stereocenters. The Balaban J connectivity index is 0.00000364. The van der Waals surface area contributed by atoms with Crippen LogP contribution in [0.4, 0.5) is 0 Å². The third-order valence-electron chi connectivity index (χ3n) is 4.02. The molecule has 8 nitrogen and oxygen atoms in total. The van der Waals surface area contributed by atoms with E-state index in [0.29, 0.717) is 25.0 Å². The lowest BCUT2D eigenvalue weighted by Gasteiger charge is -2.34. The topological polar surface area (TPSA) is 91.1 Å². The maximum atomic E-state index is 11.9. The number of guanidine groups is 1. The van der Waals surface area contributed by atoms with E-state index in [-0.39, 0.29) is 42.5 Å². The van der Waals surface area contributed by atoms with Gasteiger partial charge in [-0.2, -0.15) is 0 Å². The number of carbonyl (C=O) groups excluding carboxylic acids is 1. The third-order valence-corrected chi connectivity index (χ3v) is 4.02. The van der Waals surface area contributed by atoms with Crippen molar-refractivity contribution in [1.29, 1.82) is 0 Å². The first-order valence-electron chi connectivity index (χ1n) is 9.14. The van der Waals surface area contributed by atoms with Crippen LogP contribution in [0.2, 0.25) is 0 Å². The van der Waals surface area contributed by atoms with Crippen LogP contribution < -0.4 is 16.0 Å². The van der Waals surface area contributed by atoms with Crippen molar-refractivity contribution in [3.63, 3.8) is 0 Å². The summed E-state index contributed by atoms with van der Waals surface area (Å²) in [6, 6.07) is 3.61. The van der Waals surface area contributed by atoms with Gasteiger partial charge >= 0.3 is 0 Å². The summed E-state index contributed by atoms with van der Waals surface area (Å²) in [5.74, 6) is 1.83. The SMILES string of the molecule is CN=C(NCC(=O)NCc1ccco1)NCC1CN(CC(C)C)CCO1.I. The van der Waals surface area contributed by atoms with Crippen LogP contribution in [-0.2, 0) is 16.1 Å². The molecule has 1 saturated heterocycles. The lowest BCUT2D eigenvalue weighted by atomic mass is 10.2. The van der Waals surface area contributed by atoms with Gasteiger partial charge in [0.25, 0.3) is 0 Å². The number of morpholine rings is 1. The molecular weight excluding hydrogens is 461 g/mol. The zero-order valence-corrected chi connectivity index (χ0v) is 18.7. The van der Waals surface area contributed by atoms with E-state index in [1.165, 1.54) is 0 Å². The smallest absolute Gasteiger partial charge is 0.239 e. The fourth-order valence-electron chi connectivity index (χ4n) is 2.84. The fourth-order valence-corrected chi connectivity index (χ4v) is 2.84. The number of nitrogens with zero attached hydrogens (tertiary/aromatic N) is 2. The van der Waals surface area contributed by atoms with Gasteiger partial charge < -0.3 is 25.1 Å². The second-order valence-electron chi connectivity index (χ2n) is 6.81. The lowest BCUT2D eigenvalue weighted by molar-refractivity contribution is -0.120. The Morgan fingerprint density at radius 2 is 2.19 bits per heavy atom. The molecule has 1 amide bonds. The van der Waals surface area contributed by atoms with Crippen LogP contribution in [0.5, 0.6) is 0 Å². The Bertz CT molecular complexity index is 565. The van der Waals surface area contributed by atoms with Crippen molar-refractivity contribution in [2.45, 2.75) is 26.5 Å². The van der Waals surface area contributed by atoms with E-state index in [0.717, 1.165) is 32.0 Å². The number of halogens is 1. The van der Waals surface area contributed by atoms with Crippen molar-refractivity contribution in [2.24, 2.45) is 10.9 Å². The summed E-state index contributed by atoms with van der Waals surface area (Å²) in [5, 5.41) is 9.02. The van der Waals surface area contributed by atoms with Crippen molar-refractivity contribution in [1.82, 2.24) is 20.9 Å². The third kappa shape index (κ3) is 9.43. The van der Waals surface area contributed by atoms with Crippen LogP contribution in [0.1, 0.15) is 19.6 Å². The van der Waals surface area contributed by atoms with E-state index < -0.39 is 0 Å². The lowest BCUT2D eigenvalue weighted by Crippen LogP contribution is -2.51. The molecule has 1 atom stereocenters. The molecule has 1 fully saturated rings. The van der Waals surface area contributed by atoms with Gasteiger partial charge in [0.2, 0.25) is 5.91 Å². The van der Waals surface area contributed by atoms with Gasteiger partial charge in [0, 0.05) is 33.2 Å². The van der Waals surface area contributed by atoms with Gasteiger partial charge in [-0.15, -0.1) is 24.0 Å². The molecule has 0 saturated carbocycles. The predicted molar refractivity (Wildman–Crippen MR) is 116 cm³/mol. The molecule has 2 heterocycles. The fraction of sp³-hybridized carbons (Fsp3) is 0.667. The molecule has 0 spiro atoms. The monoisotopic (exact) mass is 493 g/mol. The zero-order chi connectivity index (χ0) is 18.8. The summed E-state index contributed by atoms with van der Waals surface area (Å²) in [7, 11) is 1.68. The van der Waals surface area contributed by atoms with Crippen LogP contribution in [0, 0.1) is 5.92 Å². The van der Waals surface area contributed by atoms with Crippen LogP contribution in [0.25, 0.3) is 0 Å². The standard InChI is InChI=1S/C18H31N5O3.HI/c1-14(2)12-23-6-8-26-16(13-23)10-21-18(19-3)22-11-17(24)20-9-15-5-4-7-25-15;/h4-5,7,14,16H,6,8-13H2,1-3H3,(H,20,24)(H2,19,21,22);1H. The average Bonchev–Trinajstić information content (AvgIpc) is 3.13. The van der Waals surface area contributed by atoms with Crippen molar-refractivity contribution in [3.8, 4) is 0 Å². The van der Waals surface area contributed by atoms with E-state index in [1.807, 2.05) is 6.07 Å². The molecular formula is C18H32IN5O3. The van der Waals surface area contributed by atoms with Crippen molar-refractivity contribution < 1.29 is 13.9 Å². The van der Waals surface area contributed by atoms with Crippen LogP contribution in [-0.4, -0.2) is 69.2 Å². The molecule has 0 aliphatic carbocycles. The van der Waals surface area contributed by atoms with E-state index >= 15 is 0 Å². The maximum Gasteiger partial charge on any atom is 0.239 e. The van der Waals surface area contributed by atoms with Gasteiger partial charge in [0.05, 0.1) is 32.1 Å². The minimum Gasteiger partial charge on any atom is -0.467 e. The number of hydrogen-bond acceptors (Lipinski definition) is 5. The normalized spacial score (nSPS) is 18.1. The van der Waals surface area contributed by atoms with Gasteiger partial charge in [-0.3, -0.25) is 14.7 Å². The molecule has 1 aromatic heterocycles. The molecule has 3 N–H and O–H groups in total. The Labute approximate surface area is 178 Å². The van der Waals surface area contributed by atoms with Crippen LogP contribution >= 0.6 is 24.0 Å². The predicted octanol–water partition coefficient (Wildman–Crippen LogP) is 1.04. The quantitative estimate of drug-likeness (QED) is 0.285. The van der Waals surface area contributed by atoms with Gasteiger partial charge in [0.1, 0.15) is 5.76 Å². The molecule has 27 heavy (non-hydrogen) atoms. The highest BCUT2D eigenvalue weighted by Gasteiger charge is 2.21. The number of ether oxygens (including phenoxy) is 1. The van der Waals surface area contributed by atoms with E-state index in [4.69, 9.17) is 9.15 Å². The number of aliphatic imine (C=N–C) groups is 1. The van der Waals surface area contributed by atoms with Gasteiger partial charge in [-0.05, 0) is 18.1 Å². The summed E-state index contributed by atoms with van der Waals surface area (Å²) in [6.07, 6.45) is 1.70. The summed E-state index contributed by atoms with van der Waals surface area (Å²) in [4.78, 5) is 18.5. The Kier molecular flexibility index (Phi) is 11.4. The average molecular weight is 493 g/mol. The van der Waals surface area contributed by atoms with Gasteiger partial charge in [-0.1, -0.05) is 13.8 Å². The first kappa shape index (κ1) is 23.7. The second kappa shape index (κ2) is 12.9. The number of furan rings is 1. The molecule has 0 radical (unpaired) electrons. The van der Waals surface area contributed by atoms with E-state index in [2.05, 4.69) is 39.7 Å². The number of nitrogens with one attached hydrogen (secondary N) is 3. The van der Waals surface area contributed by atoms with E-state index in [9.17, 15) is 4.79 Å². The number of carbonyl (C=O) groups is 1. The number of amides is 1.